The van der Waals surface area contributed by atoms with E-state index in [0.29, 0.717) is 0 Å². The van der Waals surface area contributed by atoms with Gasteiger partial charge in [-0.05, 0) is 18.9 Å². The molecule has 0 atom stereocenters. The van der Waals surface area contributed by atoms with Crippen molar-refractivity contribution in [3.8, 4) is 5.75 Å². The molecule has 0 saturated carbocycles. The molecule has 0 spiro atoms. The molecule has 0 radical (unpaired) electrons. The Morgan fingerprint density at radius 1 is 1.44 bits per heavy atom. The first-order chi connectivity index (χ1) is 8.65. The van der Waals surface area contributed by atoms with E-state index in [2.05, 4.69) is 4.98 Å². The molecule has 5 nitrogen and oxygen atoms in total. The predicted molar refractivity (Wildman–Crippen MR) is 68.4 cm³/mol. The first kappa shape index (κ1) is 14.4. The minimum absolute atomic E-state index is 0.0669. The van der Waals surface area contributed by atoms with E-state index in [4.69, 9.17) is 5.11 Å². The highest BCUT2D eigenvalue weighted by Crippen LogP contribution is 2.19. The maximum absolute atomic E-state index is 12.3. The van der Waals surface area contributed by atoms with Gasteiger partial charge in [-0.2, -0.15) is 0 Å². The lowest BCUT2D eigenvalue weighted by Gasteiger charge is -2.30. The zero-order valence-electron chi connectivity index (χ0n) is 10.8. The molecule has 1 amide bonds. The number of pyridine rings is 1. The number of aliphatic hydroxyl groups excluding tert-OH is 1. The molecular weight excluding hydrogens is 232 g/mol. The Hall–Kier alpha value is -1.62. The van der Waals surface area contributed by atoms with Gasteiger partial charge in [0.1, 0.15) is 5.75 Å². The molecular formula is C13H20N2O3. The summed E-state index contributed by atoms with van der Waals surface area (Å²) in [5.41, 5.74) is 0.227. The molecule has 0 aliphatic rings. The van der Waals surface area contributed by atoms with Crippen LogP contribution in [-0.2, 0) is 0 Å². The summed E-state index contributed by atoms with van der Waals surface area (Å²) >= 11 is 0. The fraction of sp³-hybridized carbons (Fsp3) is 0.538. The van der Waals surface area contributed by atoms with E-state index in [1.807, 2.05) is 13.8 Å². The lowest BCUT2D eigenvalue weighted by molar-refractivity contribution is 0.0619. The molecule has 0 fully saturated rings. The number of carbonyl (C=O) groups is 1. The minimum Gasteiger partial charge on any atom is -0.505 e. The standard InChI is InChI=1S/C13H20N2O3/c1-3-10(4-2)15(7-8-16)13(18)11-5-6-14-9-12(11)17/h5-6,9-10,16-17H,3-4,7-8H2,1-2H3. The number of hydrogen-bond donors (Lipinski definition) is 2. The van der Waals surface area contributed by atoms with Crippen LogP contribution in [0.4, 0.5) is 0 Å². The summed E-state index contributed by atoms with van der Waals surface area (Å²) < 4.78 is 0. The average molecular weight is 252 g/mol. The fourth-order valence-corrected chi connectivity index (χ4v) is 2.01. The number of aromatic nitrogens is 1. The van der Waals surface area contributed by atoms with Gasteiger partial charge in [0, 0.05) is 18.8 Å². The van der Waals surface area contributed by atoms with Gasteiger partial charge in [-0.1, -0.05) is 13.8 Å². The highest BCUT2D eigenvalue weighted by molar-refractivity contribution is 5.96. The molecule has 1 aromatic rings. The second-order valence-corrected chi connectivity index (χ2v) is 4.09. The van der Waals surface area contributed by atoms with Crippen LogP contribution in [0.2, 0.25) is 0 Å². The van der Waals surface area contributed by atoms with E-state index in [1.54, 1.807) is 4.90 Å². The number of aliphatic hydroxyl groups is 1. The molecule has 18 heavy (non-hydrogen) atoms. The minimum atomic E-state index is -0.266. The lowest BCUT2D eigenvalue weighted by atomic mass is 10.1. The molecule has 2 N–H and O–H groups in total. The van der Waals surface area contributed by atoms with Crippen molar-refractivity contribution in [1.82, 2.24) is 9.88 Å². The third-order valence-corrected chi connectivity index (χ3v) is 3.02. The SMILES string of the molecule is CCC(CC)N(CCO)C(=O)c1ccncc1O. The van der Waals surface area contributed by atoms with Gasteiger partial charge in [-0.3, -0.25) is 9.78 Å². The Labute approximate surface area is 107 Å². The van der Waals surface area contributed by atoms with E-state index in [1.165, 1.54) is 18.5 Å². The number of amides is 1. The number of hydrogen-bond acceptors (Lipinski definition) is 4. The molecule has 1 heterocycles. The van der Waals surface area contributed by atoms with Gasteiger partial charge >= 0.3 is 0 Å². The van der Waals surface area contributed by atoms with Crippen LogP contribution >= 0.6 is 0 Å². The molecule has 1 rings (SSSR count). The Morgan fingerprint density at radius 2 is 2.11 bits per heavy atom. The highest BCUT2D eigenvalue weighted by atomic mass is 16.3. The molecule has 5 heteroatoms. The normalized spacial score (nSPS) is 10.7. The molecule has 0 aliphatic carbocycles. The summed E-state index contributed by atoms with van der Waals surface area (Å²) in [4.78, 5) is 17.7. The predicted octanol–water partition coefficient (Wildman–Crippen LogP) is 1.41. The summed E-state index contributed by atoms with van der Waals surface area (Å²) in [7, 11) is 0. The summed E-state index contributed by atoms with van der Waals surface area (Å²) in [6.45, 7) is 4.18. The lowest BCUT2D eigenvalue weighted by Crippen LogP contribution is -2.41. The zero-order chi connectivity index (χ0) is 13.5. The number of aromatic hydroxyl groups is 1. The highest BCUT2D eigenvalue weighted by Gasteiger charge is 2.23. The van der Waals surface area contributed by atoms with Crippen LogP contribution in [0.5, 0.6) is 5.75 Å². The average Bonchev–Trinajstić information content (AvgIpc) is 2.39. The third kappa shape index (κ3) is 3.20. The zero-order valence-corrected chi connectivity index (χ0v) is 10.8. The summed E-state index contributed by atoms with van der Waals surface area (Å²) in [5, 5.41) is 18.7. The topological polar surface area (TPSA) is 73.7 Å². The van der Waals surface area contributed by atoms with Crippen LogP contribution in [0, 0.1) is 0 Å². The molecule has 0 saturated heterocycles. The monoisotopic (exact) mass is 252 g/mol. The molecule has 0 aromatic carbocycles. The van der Waals surface area contributed by atoms with Crippen LogP contribution in [0.3, 0.4) is 0 Å². The largest absolute Gasteiger partial charge is 0.505 e. The first-order valence-corrected chi connectivity index (χ1v) is 6.20. The van der Waals surface area contributed by atoms with Crippen molar-refractivity contribution in [1.29, 1.82) is 0 Å². The van der Waals surface area contributed by atoms with Crippen molar-refractivity contribution in [2.45, 2.75) is 32.7 Å². The maximum atomic E-state index is 12.3. The van der Waals surface area contributed by atoms with Gasteiger partial charge in [0.15, 0.2) is 0 Å². The maximum Gasteiger partial charge on any atom is 0.258 e. The number of rotatable bonds is 6. The van der Waals surface area contributed by atoms with Crippen molar-refractivity contribution in [3.05, 3.63) is 24.0 Å². The second kappa shape index (κ2) is 6.96. The van der Waals surface area contributed by atoms with E-state index in [0.717, 1.165) is 12.8 Å². The molecule has 0 aliphatic heterocycles. The fourth-order valence-electron chi connectivity index (χ4n) is 2.01. The molecule has 100 valence electrons. The van der Waals surface area contributed by atoms with Crippen molar-refractivity contribution < 1.29 is 15.0 Å². The summed E-state index contributed by atoms with van der Waals surface area (Å²) in [6.07, 6.45) is 4.34. The Morgan fingerprint density at radius 3 is 2.61 bits per heavy atom. The molecule has 0 unspecified atom stereocenters. The van der Waals surface area contributed by atoms with E-state index in [9.17, 15) is 9.90 Å². The third-order valence-electron chi connectivity index (χ3n) is 3.02. The number of carbonyl (C=O) groups excluding carboxylic acids is 1. The Kier molecular flexibility index (Phi) is 5.58. The van der Waals surface area contributed by atoms with Crippen molar-refractivity contribution >= 4 is 5.91 Å². The van der Waals surface area contributed by atoms with E-state index >= 15 is 0 Å². The van der Waals surface area contributed by atoms with Gasteiger partial charge in [0.25, 0.3) is 5.91 Å². The van der Waals surface area contributed by atoms with Crippen LogP contribution in [0.15, 0.2) is 18.5 Å². The first-order valence-electron chi connectivity index (χ1n) is 6.20. The van der Waals surface area contributed by atoms with Crippen LogP contribution < -0.4 is 0 Å². The van der Waals surface area contributed by atoms with Crippen LogP contribution in [-0.4, -0.2) is 45.2 Å². The van der Waals surface area contributed by atoms with Crippen molar-refractivity contribution in [3.63, 3.8) is 0 Å². The van der Waals surface area contributed by atoms with Gasteiger partial charge in [0.2, 0.25) is 0 Å². The molecule has 0 bridgehead atoms. The Balaban J connectivity index is 2.99. The quantitative estimate of drug-likeness (QED) is 0.802. The van der Waals surface area contributed by atoms with Gasteiger partial charge in [-0.25, -0.2) is 0 Å². The summed E-state index contributed by atoms with van der Waals surface area (Å²) in [5.74, 6) is -0.394. The van der Waals surface area contributed by atoms with Gasteiger partial charge < -0.3 is 15.1 Å². The smallest absolute Gasteiger partial charge is 0.258 e. The van der Waals surface area contributed by atoms with Crippen molar-refractivity contribution in [2.75, 3.05) is 13.2 Å². The van der Waals surface area contributed by atoms with Crippen LogP contribution in [0.1, 0.15) is 37.0 Å². The van der Waals surface area contributed by atoms with E-state index < -0.39 is 0 Å². The second-order valence-electron chi connectivity index (χ2n) is 4.09. The van der Waals surface area contributed by atoms with Gasteiger partial charge in [-0.15, -0.1) is 0 Å². The number of nitrogens with zero attached hydrogens (tertiary/aromatic N) is 2. The van der Waals surface area contributed by atoms with Gasteiger partial charge in [0.05, 0.1) is 18.4 Å². The van der Waals surface area contributed by atoms with E-state index in [-0.39, 0.29) is 36.4 Å². The van der Waals surface area contributed by atoms with Crippen molar-refractivity contribution in [2.24, 2.45) is 0 Å². The summed E-state index contributed by atoms with van der Waals surface area (Å²) in [6, 6.07) is 1.56. The Bertz CT molecular complexity index is 392. The molecule has 1 aromatic heterocycles. The van der Waals surface area contributed by atoms with Crippen LogP contribution in [0.25, 0.3) is 0 Å².